The van der Waals surface area contributed by atoms with Crippen LogP contribution in [-0.2, 0) is 14.3 Å². The number of morpholine rings is 1. The van der Waals surface area contributed by atoms with Crippen LogP contribution in [-0.4, -0.2) is 73.1 Å². The second-order valence-corrected chi connectivity index (χ2v) is 8.06. The number of ether oxygens (including phenoxy) is 2. The normalized spacial score (nSPS) is 17.1. The number of imide groups is 1. The van der Waals surface area contributed by atoms with Crippen LogP contribution in [0.25, 0.3) is 6.08 Å². The van der Waals surface area contributed by atoms with Crippen LogP contribution in [0, 0.1) is 0 Å². The number of nitrogens with zero attached hydrogens (tertiary/aromatic N) is 2. The number of esters is 1. The number of hydrogen-bond acceptors (Lipinski definition) is 6. The van der Waals surface area contributed by atoms with Gasteiger partial charge in [-0.3, -0.25) is 19.4 Å². The van der Waals surface area contributed by atoms with Gasteiger partial charge in [-0.15, -0.1) is 12.4 Å². The number of carbonyl (C=O) groups excluding carboxylic acids is 3. The molecule has 0 N–H and O–H groups in total. The third kappa shape index (κ3) is 6.21. The van der Waals surface area contributed by atoms with E-state index in [-0.39, 0.29) is 30.8 Å². The molecule has 7 nitrogen and oxygen atoms in total. The van der Waals surface area contributed by atoms with Crippen LogP contribution in [0.3, 0.4) is 0 Å². The average molecular weight is 491 g/mol. The van der Waals surface area contributed by atoms with Gasteiger partial charge in [0.05, 0.1) is 30.9 Å². The van der Waals surface area contributed by atoms with Crippen LogP contribution in [0.5, 0.6) is 0 Å². The molecule has 0 bridgehead atoms. The predicted octanol–water partition coefficient (Wildman–Crippen LogP) is 3.32. The van der Waals surface area contributed by atoms with Gasteiger partial charge in [-0.1, -0.05) is 35.9 Å². The molecule has 0 saturated carbocycles. The van der Waals surface area contributed by atoms with Crippen molar-refractivity contribution in [1.29, 1.82) is 0 Å². The van der Waals surface area contributed by atoms with Crippen molar-refractivity contribution < 1.29 is 23.9 Å². The van der Waals surface area contributed by atoms with Crippen molar-refractivity contribution in [3.05, 3.63) is 76.3 Å². The van der Waals surface area contributed by atoms with E-state index in [1.165, 1.54) is 6.08 Å². The third-order valence-electron chi connectivity index (χ3n) is 5.39. The second-order valence-electron chi connectivity index (χ2n) is 7.62. The largest absolute Gasteiger partial charge is 0.456 e. The lowest BCUT2D eigenvalue weighted by atomic mass is 10.1. The van der Waals surface area contributed by atoms with Gasteiger partial charge in [0.2, 0.25) is 0 Å². The van der Waals surface area contributed by atoms with Crippen molar-refractivity contribution in [2.45, 2.75) is 6.10 Å². The molecule has 2 heterocycles. The Kier molecular flexibility index (Phi) is 8.63. The zero-order valence-corrected chi connectivity index (χ0v) is 19.4. The summed E-state index contributed by atoms with van der Waals surface area (Å²) < 4.78 is 11.1. The highest BCUT2D eigenvalue weighted by molar-refractivity contribution is 6.30. The molecule has 2 amide bonds. The molecule has 174 valence electrons. The van der Waals surface area contributed by atoms with Gasteiger partial charge in [-0.05, 0) is 35.9 Å². The number of benzene rings is 2. The SMILES string of the molecule is Cl.O=C(C=Cc1ccc(Cl)cc1)OC(CN1CCOCC1)CN1C(=O)c2ccccc2C1=O. The summed E-state index contributed by atoms with van der Waals surface area (Å²) in [5, 5.41) is 0.608. The lowest BCUT2D eigenvalue weighted by Crippen LogP contribution is -2.47. The van der Waals surface area contributed by atoms with Crippen molar-refractivity contribution >= 4 is 47.9 Å². The van der Waals surface area contributed by atoms with Gasteiger partial charge >= 0.3 is 5.97 Å². The Bertz CT molecular complexity index is 1000. The summed E-state index contributed by atoms with van der Waals surface area (Å²) >= 11 is 5.88. The fraction of sp³-hybridized carbons (Fsp3) is 0.292. The van der Waals surface area contributed by atoms with Gasteiger partial charge in [-0.2, -0.15) is 0 Å². The standard InChI is InChI=1S/C24H23ClN2O5.ClH/c25-18-8-5-17(6-9-18)7-10-22(28)32-19(15-26-11-13-31-14-12-26)16-27-23(29)20-3-1-2-4-21(20)24(27)30;/h1-10,19H,11-16H2;1H. The number of fused-ring (bicyclic) bond motifs is 1. The Labute approximate surface area is 203 Å². The molecule has 0 radical (unpaired) electrons. The van der Waals surface area contributed by atoms with Gasteiger partial charge < -0.3 is 9.47 Å². The molecule has 2 aromatic carbocycles. The molecule has 4 rings (SSSR count). The van der Waals surface area contributed by atoms with E-state index in [4.69, 9.17) is 21.1 Å². The number of hydrogen-bond donors (Lipinski definition) is 0. The molecule has 2 aromatic rings. The van der Waals surface area contributed by atoms with E-state index in [1.807, 2.05) is 0 Å². The highest BCUT2D eigenvalue weighted by atomic mass is 35.5. The van der Waals surface area contributed by atoms with E-state index in [9.17, 15) is 14.4 Å². The topological polar surface area (TPSA) is 76.2 Å². The van der Waals surface area contributed by atoms with Crippen molar-refractivity contribution in [2.75, 3.05) is 39.4 Å². The minimum absolute atomic E-state index is 0. The van der Waals surface area contributed by atoms with E-state index in [2.05, 4.69) is 4.90 Å². The summed E-state index contributed by atoms with van der Waals surface area (Å²) in [7, 11) is 0. The van der Waals surface area contributed by atoms with Crippen LogP contribution < -0.4 is 0 Å². The van der Waals surface area contributed by atoms with Crippen LogP contribution in [0.4, 0.5) is 0 Å². The minimum Gasteiger partial charge on any atom is -0.456 e. The molecule has 33 heavy (non-hydrogen) atoms. The lowest BCUT2D eigenvalue weighted by Gasteiger charge is -2.31. The Morgan fingerprint density at radius 1 is 1.00 bits per heavy atom. The first-order chi connectivity index (χ1) is 15.5. The molecular weight excluding hydrogens is 467 g/mol. The Morgan fingerprint density at radius 2 is 1.61 bits per heavy atom. The fourth-order valence-corrected chi connectivity index (χ4v) is 3.88. The monoisotopic (exact) mass is 490 g/mol. The van der Waals surface area contributed by atoms with Crippen molar-refractivity contribution in [2.24, 2.45) is 0 Å². The lowest BCUT2D eigenvalue weighted by molar-refractivity contribution is -0.144. The average Bonchev–Trinajstić information content (AvgIpc) is 3.04. The molecule has 2 aliphatic rings. The second kappa shape index (κ2) is 11.4. The van der Waals surface area contributed by atoms with Gasteiger partial charge in [0, 0.05) is 30.7 Å². The van der Waals surface area contributed by atoms with Gasteiger partial charge in [0.1, 0.15) is 6.10 Å². The molecule has 1 fully saturated rings. The maximum atomic E-state index is 12.8. The Balaban J connectivity index is 0.00000306. The smallest absolute Gasteiger partial charge is 0.331 e. The summed E-state index contributed by atoms with van der Waals surface area (Å²) in [5.74, 6) is -1.29. The summed E-state index contributed by atoms with van der Waals surface area (Å²) in [6, 6.07) is 13.7. The molecule has 1 atom stereocenters. The van der Waals surface area contributed by atoms with E-state index in [1.54, 1.807) is 54.6 Å². The highest BCUT2D eigenvalue weighted by Crippen LogP contribution is 2.23. The van der Waals surface area contributed by atoms with E-state index in [0.717, 1.165) is 10.5 Å². The minimum atomic E-state index is -0.669. The third-order valence-corrected chi connectivity index (χ3v) is 5.65. The highest BCUT2D eigenvalue weighted by Gasteiger charge is 2.37. The zero-order chi connectivity index (χ0) is 22.5. The molecular formula is C24H24Cl2N2O5. The molecule has 0 spiro atoms. The number of amides is 2. The number of carbonyl (C=O) groups is 3. The molecule has 2 aliphatic heterocycles. The van der Waals surface area contributed by atoms with Gasteiger partial charge in [0.25, 0.3) is 11.8 Å². The number of halogens is 2. The maximum Gasteiger partial charge on any atom is 0.331 e. The van der Waals surface area contributed by atoms with Crippen LogP contribution in [0.2, 0.25) is 5.02 Å². The maximum absolute atomic E-state index is 12.8. The summed E-state index contributed by atoms with van der Waals surface area (Å²) in [6.07, 6.45) is 2.29. The summed E-state index contributed by atoms with van der Waals surface area (Å²) in [6.45, 7) is 2.95. The van der Waals surface area contributed by atoms with E-state index in [0.29, 0.717) is 49.0 Å². The van der Waals surface area contributed by atoms with Crippen molar-refractivity contribution in [1.82, 2.24) is 9.80 Å². The quantitative estimate of drug-likeness (QED) is 0.336. The predicted molar refractivity (Wildman–Crippen MR) is 127 cm³/mol. The first kappa shape index (κ1) is 24.9. The Hall–Kier alpha value is -2.71. The van der Waals surface area contributed by atoms with Crippen LogP contribution in [0.1, 0.15) is 26.3 Å². The first-order valence-electron chi connectivity index (χ1n) is 10.4. The zero-order valence-electron chi connectivity index (χ0n) is 17.8. The first-order valence-corrected chi connectivity index (χ1v) is 10.8. The number of rotatable bonds is 7. The van der Waals surface area contributed by atoms with Crippen LogP contribution in [0.15, 0.2) is 54.6 Å². The molecule has 1 unspecified atom stereocenters. The Morgan fingerprint density at radius 3 is 2.21 bits per heavy atom. The van der Waals surface area contributed by atoms with Gasteiger partial charge in [0.15, 0.2) is 0 Å². The summed E-state index contributed by atoms with van der Waals surface area (Å²) in [4.78, 5) is 41.3. The van der Waals surface area contributed by atoms with Crippen molar-refractivity contribution in [3.8, 4) is 0 Å². The molecule has 0 aliphatic carbocycles. The van der Waals surface area contributed by atoms with E-state index >= 15 is 0 Å². The van der Waals surface area contributed by atoms with Gasteiger partial charge in [-0.25, -0.2) is 4.79 Å². The molecule has 9 heteroatoms. The molecule has 0 aromatic heterocycles. The van der Waals surface area contributed by atoms with Crippen LogP contribution >= 0.6 is 24.0 Å². The fourth-order valence-electron chi connectivity index (χ4n) is 3.75. The van der Waals surface area contributed by atoms with Crippen molar-refractivity contribution in [3.63, 3.8) is 0 Å². The van der Waals surface area contributed by atoms with E-state index < -0.39 is 12.1 Å². The molecule has 1 saturated heterocycles. The summed E-state index contributed by atoms with van der Waals surface area (Å²) in [5.41, 5.74) is 1.55.